The minimum Gasteiger partial charge on any atom is -0.508 e. The van der Waals surface area contributed by atoms with Crippen LogP contribution in [0.25, 0.3) is 174 Å². The number of imidazole rings is 4. The van der Waals surface area contributed by atoms with Gasteiger partial charge in [0, 0.05) is 65.6 Å². The molecule has 0 saturated heterocycles. The summed E-state index contributed by atoms with van der Waals surface area (Å²) in [5.41, 5.74) is 29.4. The van der Waals surface area contributed by atoms with Crippen LogP contribution in [0, 0.1) is 33.2 Å². The molecule has 1 N–H and O–H groups in total. The number of nitrogens with zero attached hydrogens (tertiary/aromatic N) is 12. The van der Waals surface area contributed by atoms with E-state index in [1.54, 1.807) is 24.3 Å². The van der Waals surface area contributed by atoms with E-state index in [0.29, 0.717) is 75.4 Å². The van der Waals surface area contributed by atoms with Crippen molar-refractivity contribution in [3.05, 3.63) is 339 Å². The van der Waals surface area contributed by atoms with Gasteiger partial charge in [-0.25, -0.2) is 19.9 Å². The van der Waals surface area contributed by atoms with Crippen molar-refractivity contribution < 1.29 is 9.84 Å². The molecule has 14 heteroatoms. The number of aromatic hydroxyl groups is 1. The number of rotatable bonds is 14. The molecule has 0 aliphatic rings. The van der Waals surface area contributed by atoms with Crippen LogP contribution in [0.5, 0.6) is 17.2 Å². The zero-order chi connectivity index (χ0) is 89.0. The van der Waals surface area contributed by atoms with Crippen molar-refractivity contribution in [1.29, 1.82) is 0 Å². The standard InChI is InChI=1S/C56H48N6O.C29H24N4O.C28H28N2.2CH4/c1-31(2)37-16-13-17-38(32(3)4)53(37)51-29-59-55-45-25-35(21-23-41(45)43-15-11-12-20-49(43)61(51)55)63-36-22-24-42-44-27-47(57-9)48(58-10)28-50(44)62-52(30-60-56(62)46(42)26-36)54-39(33(5)6)18-14-19-40(54)34(7)8;1-16(2)19-8-7-9-20(17(3)4)28(19)27-15-32-29-23-12-18(34)10-11-21(23)22-13-24(30-5)25(31-6)14-26(22)33(27)29;1-17(2)20-10-8-11-21(18(3)4)27(20)26-16-29-28-24-15-19(5)13-14-22(24)23-9-6-7-12-25(23)30(26)28;;/h11-34H,1-8H3;7-17,34H,1-4H3;6-18H,1-5H3;2*1H4. The molecule has 0 aliphatic heterocycles. The third-order valence-electron chi connectivity index (χ3n) is 25.5. The van der Waals surface area contributed by atoms with Crippen molar-refractivity contribution in [1.82, 2.24) is 37.5 Å². The Morgan fingerprint density at radius 1 is 0.264 bits per heavy atom. The number of phenolic OH excluding ortho intramolecular Hbond substituents is 1. The van der Waals surface area contributed by atoms with E-state index in [9.17, 15) is 5.11 Å². The lowest BCUT2D eigenvalue weighted by Gasteiger charge is -2.21. The van der Waals surface area contributed by atoms with Gasteiger partial charge in [0.2, 0.25) is 0 Å². The van der Waals surface area contributed by atoms with Gasteiger partial charge in [0.1, 0.15) is 39.8 Å². The SMILES string of the molecule is C.C.Cc1ccc2c3ccccc3n3c(-c4c(C(C)C)cccc4C(C)C)cnc3c2c1.[C-]#[N+]c1cc2c3ccc(O)cc3c3ncc(-c4c(C(C)C)cccc4C(C)C)n3c2cc1[N+]#[C-].[C-]#[N+]c1cc2c3ccc(Oc4ccc5c6ccccc6n6c(-c7c(C(C)C)cccc7C(C)C)cnc6c5c4)cc3c3ncc(-c4c(C(C)C)cccc4C(C)C)n3c2cc1[N+]#[C-]. The smallest absolute Gasteiger partial charge is 0.196 e. The fraction of sp³-hybridized carbons (Fsp3) is 0.235. The second-order valence-electron chi connectivity index (χ2n) is 36.2. The number of phenols is 1. The number of para-hydroxylation sites is 2. The first-order valence-electron chi connectivity index (χ1n) is 44.1. The third-order valence-corrected chi connectivity index (χ3v) is 25.5. The maximum Gasteiger partial charge on any atom is 0.196 e. The summed E-state index contributed by atoms with van der Waals surface area (Å²) in [6.07, 6.45) is 7.99. The summed E-state index contributed by atoms with van der Waals surface area (Å²) in [5.74, 6) is 4.23. The average molecular weight is 1690 g/mol. The molecule has 20 rings (SSSR count). The van der Waals surface area contributed by atoms with Crippen molar-refractivity contribution in [2.75, 3.05) is 0 Å². The van der Waals surface area contributed by atoms with E-state index in [-0.39, 0.29) is 32.4 Å². The fourth-order valence-electron chi connectivity index (χ4n) is 19.5. The Balaban J connectivity index is 0.000000155. The number of hydrogen-bond donors (Lipinski definition) is 1. The number of hydrogen-bond acceptors (Lipinski definition) is 6. The second-order valence-corrected chi connectivity index (χ2v) is 36.2. The van der Waals surface area contributed by atoms with Crippen LogP contribution in [-0.2, 0) is 0 Å². The monoisotopic (exact) mass is 1690 g/mol. The summed E-state index contributed by atoms with van der Waals surface area (Å²) in [5, 5.41) is 22.5. The van der Waals surface area contributed by atoms with Gasteiger partial charge in [0.05, 0.1) is 84.9 Å². The lowest BCUT2D eigenvalue weighted by Crippen LogP contribution is -2.02. The van der Waals surface area contributed by atoms with Crippen LogP contribution in [0.4, 0.5) is 22.7 Å². The molecule has 0 bridgehead atoms. The van der Waals surface area contributed by atoms with E-state index < -0.39 is 0 Å². The maximum absolute atomic E-state index is 10.3. The fourth-order valence-corrected chi connectivity index (χ4v) is 19.5. The van der Waals surface area contributed by atoms with E-state index >= 15 is 0 Å². The second kappa shape index (κ2) is 34.8. The molecule has 0 spiro atoms. The van der Waals surface area contributed by atoms with E-state index in [1.165, 1.54) is 88.6 Å². The third kappa shape index (κ3) is 14.8. The Morgan fingerprint density at radius 2 is 0.527 bits per heavy atom. The molecule has 0 saturated carbocycles. The maximum atomic E-state index is 10.3. The summed E-state index contributed by atoms with van der Waals surface area (Å²) < 4.78 is 15.8. The van der Waals surface area contributed by atoms with Crippen molar-refractivity contribution in [3.63, 3.8) is 0 Å². The molecule has 20 aromatic rings. The zero-order valence-corrected chi connectivity index (χ0v) is 74.9. The van der Waals surface area contributed by atoms with Gasteiger partial charge < -0.3 is 9.84 Å². The molecule has 0 radical (unpaired) electrons. The predicted molar refractivity (Wildman–Crippen MR) is 540 cm³/mol. The van der Waals surface area contributed by atoms with Crippen LogP contribution in [-0.4, -0.2) is 42.6 Å². The molecule has 0 aliphatic carbocycles. The van der Waals surface area contributed by atoms with Crippen molar-refractivity contribution in [2.45, 2.75) is 180 Å². The highest BCUT2D eigenvalue weighted by Gasteiger charge is 2.29. The van der Waals surface area contributed by atoms with Crippen LogP contribution in [0.3, 0.4) is 0 Å². The first-order valence-corrected chi connectivity index (χ1v) is 44.1. The Morgan fingerprint density at radius 3 is 0.837 bits per heavy atom. The topological polar surface area (TPSA) is 116 Å². The number of fused-ring (bicyclic) bond motifs is 24. The van der Waals surface area contributed by atoms with Crippen LogP contribution in [0.1, 0.15) is 223 Å². The van der Waals surface area contributed by atoms with Crippen LogP contribution in [0.15, 0.2) is 243 Å². The summed E-state index contributed by atoms with van der Waals surface area (Å²) >= 11 is 0. The predicted octanol–water partition coefficient (Wildman–Crippen LogP) is 33.8. The van der Waals surface area contributed by atoms with Gasteiger partial charge in [0.25, 0.3) is 0 Å². The quantitative estimate of drug-likeness (QED) is 0.0856. The minimum atomic E-state index is 0. The summed E-state index contributed by atoms with van der Waals surface area (Å²) in [6, 6.07) is 75.4. The molecule has 12 aromatic carbocycles. The molecule has 0 amide bonds. The Kier molecular flexibility index (Phi) is 23.6. The average Bonchev–Trinajstić information content (AvgIpc) is 1.63. The molecule has 0 unspecified atom stereocenters. The first-order chi connectivity index (χ1) is 61.3. The molecular formula is C115H108N12O2. The van der Waals surface area contributed by atoms with Crippen LogP contribution in [0.2, 0.25) is 0 Å². The Hall–Kier alpha value is -15.0. The molecule has 14 nitrogen and oxygen atoms in total. The highest BCUT2D eigenvalue weighted by atomic mass is 16.5. The first kappa shape index (κ1) is 87.5. The number of benzene rings is 12. The van der Waals surface area contributed by atoms with Gasteiger partial charge in [-0.1, -0.05) is 265 Å². The number of aryl methyl sites for hydroxylation is 1. The normalized spacial score (nSPS) is 11.7. The van der Waals surface area contributed by atoms with Gasteiger partial charge >= 0.3 is 0 Å². The summed E-state index contributed by atoms with van der Waals surface area (Å²) in [4.78, 5) is 34.9. The van der Waals surface area contributed by atoms with Crippen molar-refractivity contribution in [2.24, 2.45) is 0 Å². The largest absolute Gasteiger partial charge is 0.508 e. The molecule has 8 aromatic heterocycles. The lowest BCUT2D eigenvalue weighted by atomic mass is 9.87. The molecule has 0 fully saturated rings. The summed E-state index contributed by atoms with van der Waals surface area (Å²) in [7, 11) is 0. The van der Waals surface area contributed by atoms with Crippen molar-refractivity contribution in [3.8, 4) is 62.3 Å². The zero-order valence-electron chi connectivity index (χ0n) is 74.9. The number of aromatic nitrogens is 8. The Labute approximate surface area is 755 Å². The Bertz CT molecular complexity index is 8000. The molecule has 0 atom stereocenters. The number of pyridine rings is 4. The number of ether oxygens (including phenoxy) is 1. The van der Waals surface area contributed by atoms with E-state index in [2.05, 4.69) is 325 Å². The molecule has 8 heterocycles. The molecular weight excluding hydrogens is 1580 g/mol. The minimum absolute atomic E-state index is 0. The molecule has 640 valence electrons. The lowest BCUT2D eigenvalue weighted by molar-refractivity contribution is 0.476. The summed E-state index contributed by atoms with van der Waals surface area (Å²) in [6.45, 7) is 69.2. The van der Waals surface area contributed by atoms with E-state index in [1.807, 2.05) is 48.9 Å². The van der Waals surface area contributed by atoms with Gasteiger partial charge in [0.15, 0.2) is 22.7 Å². The van der Waals surface area contributed by atoms with E-state index in [4.69, 9.17) is 51.0 Å². The molecule has 129 heavy (non-hydrogen) atoms. The highest BCUT2D eigenvalue weighted by molar-refractivity contribution is 6.18. The van der Waals surface area contributed by atoms with Crippen molar-refractivity contribution >= 4 is 132 Å². The van der Waals surface area contributed by atoms with E-state index in [0.717, 1.165) is 110 Å². The highest BCUT2D eigenvalue weighted by Crippen LogP contribution is 2.49. The van der Waals surface area contributed by atoms with Gasteiger partial charge in [-0.3, -0.25) is 37.0 Å². The van der Waals surface area contributed by atoms with Gasteiger partial charge in [-0.15, -0.1) is 0 Å². The van der Waals surface area contributed by atoms with Crippen LogP contribution < -0.4 is 4.74 Å². The van der Waals surface area contributed by atoms with Gasteiger partial charge in [-0.05, 0) is 216 Å². The van der Waals surface area contributed by atoms with Gasteiger partial charge in [-0.2, -0.15) is 0 Å². The van der Waals surface area contributed by atoms with Crippen LogP contribution >= 0.6 is 0 Å².